The highest BCUT2D eigenvalue weighted by atomic mass is 14.9. The van der Waals surface area contributed by atoms with Gasteiger partial charge in [0.2, 0.25) is 0 Å². The van der Waals surface area contributed by atoms with Crippen LogP contribution in [0.2, 0.25) is 0 Å². The lowest BCUT2D eigenvalue weighted by molar-refractivity contribution is 0.133. The first-order valence-corrected chi connectivity index (χ1v) is 5.10. The Bertz CT molecular complexity index is 486. The zero-order chi connectivity index (χ0) is 7.24. The van der Waals surface area contributed by atoms with Gasteiger partial charge in [0.05, 0.1) is 0 Å². The molecule has 0 nitrogen and oxygen atoms in total. The van der Waals surface area contributed by atoms with Gasteiger partial charge in [0.15, 0.2) is 0 Å². The van der Waals surface area contributed by atoms with E-state index in [9.17, 15) is 0 Å². The van der Waals surface area contributed by atoms with Crippen LogP contribution in [-0.2, 0) is 0 Å². The highest BCUT2D eigenvalue weighted by Gasteiger charge is 2.85. The van der Waals surface area contributed by atoms with Crippen molar-refractivity contribution in [2.75, 3.05) is 0 Å². The Balaban J connectivity index is 2.05. The van der Waals surface area contributed by atoms with Crippen molar-refractivity contribution < 1.29 is 0 Å². The largest absolute Gasteiger partial charge is 0.0546 e. The molecule has 1 aromatic rings. The van der Waals surface area contributed by atoms with Gasteiger partial charge in [-0.05, 0) is 57.8 Å². The van der Waals surface area contributed by atoms with Crippen molar-refractivity contribution in [3.8, 4) is 0 Å². The van der Waals surface area contributed by atoms with Crippen LogP contribution in [0.15, 0.2) is 12.1 Å². The molecule has 12 heavy (non-hydrogen) atoms. The zero-order valence-electron chi connectivity index (χ0n) is 6.67. The molecule has 0 saturated heterocycles. The second kappa shape index (κ2) is 0.837. The van der Waals surface area contributed by atoms with Gasteiger partial charge in [-0.2, -0.15) is 0 Å². The maximum Gasteiger partial charge on any atom is -0.00153 e. The fourth-order valence-electron chi connectivity index (χ4n) is 5.28. The molecule has 0 N–H and O–H groups in total. The van der Waals surface area contributed by atoms with Gasteiger partial charge in [0.1, 0.15) is 0 Å². The van der Waals surface area contributed by atoms with Gasteiger partial charge >= 0.3 is 0 Å². The van der Waals surface area contributed by atoms with Crippen LogP contribution >= 0.6 is 0 Å². The number of benzene rings is 1. The number of rotatable bonds is 0. The first-order valence-electron chi connectivity index (χ1n) is 5.10. The van der Waals surface area contributed by atoms with Crippen molar-refractivity contribution in [1.29, 1.82) is 0 Å². The molecule has 0 radical (unpaired) electrons. The predicted molar refractivity (Wildman–Crippen MR) is 44.5 cm³/mol. The summed E-state index contributed by atoms with van der Waals surface area (Å²) in [6.07, 6.45) is 1.56. The first kappa shape index (κ1) is 4.45. The van der Waals surface area contributed by atoms with Gasteiger partial charge in [-0.1, -0.05) is 12.1 Å². The fraction of sp³-hybridized carbons (Fsp3) is 0.500. The summed E-state index contributed by atoms with van der Waals surface area (Å²) in [5, 5.41) is 0. The molecule has 2 saturated carbocycles. The van der Waals surface area contributed by atoms with Crippen LogP contribution in [0.1, 0.15) is 52.3 Å². The fourth-order valence-corrected chi connectivity index (χ4v) is 5.28. The molecule has 2 bridgehead atoms. The molecule has 56 valence electrons. The zero-order valence-corrected chi connectivity index (χ0v) is 6.67. The van der Waals surface area contributed by atoms with E-state index in [-0.39, 0.29) is 0 Å². The van der Waals surface area contributed by atoms with Crippen LogP contribution in [-0.4, -0.2) is 0 Å². The van der Waals surface area contributed by atoms with Crippen molar-refractivity contribution in [2.45, 2.75) is 30.1 Å². The van der Waals surface area contributed by atoms with E-state index in [1.54, 1.807) is 28.7 Å². The quantitative estimate of drug-likeness (QED) is 0.535. The Labute approximate surface area is 70.6 Å². The molecule has 5 atom stereocenters. The van der Waals surface area contributed by atoms with Gasteiger partial charge < -0.3 is 0 Å². The van der Waals surface area contributed by atoms with Crippen molar-refractivity contribution >= 4 is 0 Å². The SMILES string of the molecule is c1c2c3cc4c1C1C4C14CC2C34. The van der Waals surface area contributed by atoms with E-state index in [1.165, 1.54) is 0 Å². The molecule has 0 aliphatic heterocycles. The van der Waals surface area contributed by atoms with Gasteiger partial charge in [-0.15, -0.1) is 0 Å². The van der Waals surface area contributed by atoms with Crippen molar-refractivity contribution in [3.63, 3.8) is 0 Å². The second-order valence-electron chi connectivity index (χ2n) is 5.47. The van der Waals surface area contributed by atoms with E-state index < -0.39 is 0 Å². The maximum absolute atomic E-state index is 2.55. The third-order valence-electron chi connectivity index (χ3n) is 5.63. The minimum atomic E-state index is 0.857. The van der Waals surface area contributed by atoms with E-state index in [4.69, 9.17) is 0 Å². The summed E-state index contributed by atoms with van der Waals surface area (Å²) < 4.78 is 0. The van der Waals surface area contributed by atoms with E-state index in [1.807, 2.05) is 0 Å². The summed E-state index contributed by atoms with van der Waals surface area (Å²) in [5.41, 5.74) is 7.89. The normalized spacial score (nSPS) is 61.3. The summed E-state index contributed by atoms with van der Waals surface area (Å²) in [5.74, 6) is 4.21. The van der Waals surface area contributed by atoms with Crippen LogP contribution in [0.25, 0.3) is 0 Å². The third kappa shape index (κ3) is 0.172. The van der Waals surface area contributed by atoms with Gasteiger partial charge in [0.25, 0.3) is 0 Å². The Morgan fingerprint density at radius 3 is 2.42 bits per heavy atom. The lowest BCUT2D eigenvalue weighted by Gasteiger charge is -2.57. The lowest BCUT2D eigenvalue weighted by atomic mass is 9.46. The molecule has 1 spiro atoms. The third-order valence-corrected chi connectivity index (χ3v) is 5.63. The molecule has 0 aromatic heterocycles. The molecule has 1 aromatic carbocycles. The monoisotopic (exact) mass is 152 g/mol. The number of hydrogen-bond donors (Lipinski definition) is 0. The second-order valence-corrected chi connectivity index (χ2v) is 5.47. The van der Waals surface area contributed by atoms with E-state index in [0.29, 0.717) is 0 Å². The Kier molecular flexibility index (Phi) is 0.311. The smallest absolute Gasteiger partial charge is 0.00153 e. The number of fused-ring (bicyclic) bond motifs is 2. The summed E-state index contributed by atoms with van der Waals surface area (Å²) in [6, 6.07) is 5.09. The van der Waals surface area contributed by atoms with Crippen LogP contribution in [0.3, 0.4) is 0 Å². The highest BCUT2D eigenvalue weighted by Crippen LogP contribution is 2.97. The van der Waals surface area contributed by atoms with Crippen LogP contribution in [0.4, 0.5) is 0 Å². The molecule has 5 unspecified atom stereocenters. The van der Waals surface area contributed by atoms with Gasteiger partial charge in [-0.3, -0.25) is 0 Å². The Hall–Kier alpha value is -0.780. The van der Waals surface area contributed by atoms with E-state index in [2.05, 4.69) is 12.1 Å². The average Bonchev–Trinajstić information content (AvgIpc) is 2.59. The van der Waals surface area contributed by atoms with E-state index in [0.717, 1.165) is 29.1 Å². The molecule has 6 rings (SSSR count). The molecule has 0 heterocycles. The van der Waals surface area contributed by atoms with Gasteiger partial charge in [0, 0.05) is 0 Å². The highest BCUT2D eigenvalue weighted by molar-refractivity contribution is 5.75. The van der Waals surface area contributed by atoms with Crippen LogP contribution in [0, 0.1) is 5.41 Å². The summed E-state index contributed by atoms with van der Waals surface area (Å²) in [7, 11) is 0. The lowest BCUT2D eigenvalue weighted by Crippen LogP contribution is -2.44. The summed E-state index contributed by atoms with van der Waals surface area (Å²) in [6.45, 7) is 0. The minimum Gasteiger partial charge on any atom is -0.0546 e. The molecule has 5 aliphatic rings. The molecule has 0 amide bonds. The molecule has 0 heteroatoms. The predicted octanol–water partition coefficient (Wildman–Crippen LogP) is 2.47. The molecule has 5 aliphatic carbocycles. The molecular formula is C12H8. The molecular weight excluding hydrogens is 144 g/mol. The van der Waals surface area contributed by atoms with Crippen molar-refractivity contribution in [3.05, 3.63) is 34.4 Å². The Morgan fingerprint density at radius 1 is 0.917 bits per heavy atom. The summed E-state index contributed by atoms with van der Waals surface area (Å²) in [4.78, 5) is 0. The van der Waals surface area contributed by atoms with Crippen molar-refractivity contribution in [2.24, 2.45) is 5.41 Å². The first-order chi connectivity index (χ1) is 5.93. The van der Waals surface area contributed by atoms with Crippen LogP contribution < -0.4 is 0 Å². The standard InChI is InChI=1S/C12H8/c1-4-5-2-7-6(1)10-11(7)12(10)3-8(4)9(5)12/h1-2,8-11H,3H2. The topological polar surface area (TPSA) is 0 Å². The molecule has 2 fully saturated rings. The average molecular weight is 152 g/mol. The van der Waals surface area contributed by atoms with E-state index >= 15 is 0 Å². The van der Waals surface area contributed by atoms with Gasteiger partial charge in [-0.25, -0.2) is 0 Å². The Morgan fingerprint density at radius 2 is 1.58 bits per heavy atom. The number of hydrogen-bond acceptors (Lipinski definition) is 0. The maximum atomic E-state index is 2.55. The minimum absolute atomic E-state index is 0.857. The summed E-state index contributed by atoms with van der Waals surface area (Å²) >= 11 is 0. The van der Waals surface area contributed by atoms with Crippen molar-refractivity contribution in [1.82, 2.24) is 0 Å². The van der Waals surface area contributed by atoms with Crippen LogP contribution in [0.5, 0.6) is 0 Å².